The number of hydrogen-bond donors (Lipinski definition) is 1. The number of rotatable bonds is 6. The molecule has 1 aliphatic rings. The number of amides is 1. The lowest BCUT2D eigenvalue weighted by molar-refractivity contribution is -0.116. The van der Waals surface area contributed by atoms with Gasteiger partial charge in [0.25, 0.3) is 0 Å². The highest BCUT2D eigenvalue weighted by atomic mass is 16.1. The highest BCUT2D eigenvalue weighted by molar-refractivity contribution is 5.92. The molecule has 1 fully saturated rings. The Bertz CT molecular complexity index is 529. The smallest absolute Gasteiger partial charge is 0.225 e. The van der Waals surface area contributed by atoms with Crippen LogP contribution in [0.2, 0.25) is 0 Å². The van der Waals surface area contributed by atoms with Gasteiger partial charge in [0, 0.05) is 19.5 Å². The second kappa shape index (κ2) is 8.55. The van der Waals surface area contributed by atoms with Crippen molar-refractivity contribution in [3.05, 3.63) is 29.8 Å². The maximum atomic E-state index is 12.0. The molecule has 2 rings (SSSR count). The van der Waals surface area contributed by atoms with Gasteiger partial charge < -0.3 is 10.2 Å². The molecule has 0 spiro atoms. The van der Waals surface area contributed by atoms with Gasteiger partial charge in [0.05, 0.1) is 11.3 Å². The van der Waals surface area contributed by atoms with Crippen LogP contribution < -0.4 is 5.32 Å². The lowest BCUT2D eigenvalue weighted by atomic mass is 9.89. The van der Waals surface area contributed by atoms with E-state index < -0.39 is 0 Å². The zero-order chi connectivity index (χ0) is 15.8. The SMILES string of the molecule is CN(CCC(=O)Nc1ccccc1C#N)CC1CCCCC1. The number of nitriles is 1. The monoisotopic (exact) mass is 299 g/mol. The van der Waals surface area contributed by atoms with Crippen molar-refractivity contribution in [1.29, 1.82) is 5.26 Å². The first-order chi connectivity index (χ1) is 10.7. The Morgan fingerprint density at radius 3 is 2.77 bits per heavy atom. The molecular weight excluding hydrogens is 274 g/mol. The number of carbonyl (C=O) groups excluding carboxylic acids is 1. The average molecular weight is 299 g/mol. The third-order valence-electron chi connectivity index (χ3n) is 4.34. The van der Waals surface area contributed by atoms with Crippen molar-refractivity contribution in [1.82, 2.24) is 4.90 Å². The largest absolute Gasteiger partial charge is 0.325 e. The van der Waals surface area contributed by atoms with Gasteiger partial charge in [-0.1, -0.05) is 31.4 Å². The molecule has 0 atom stereocenters. The van der Waals surface area contributed by atoms with Crippen LogP contribution in [0.3, 0.4) is 0 Å². The summed E-state index contributed by atoms with van der Waals surface area (Å²) in [6.45, 7) is 1.85. The second-order valence-corrected chi connectivity index (χ2v) is 6.22. The maximum Gasteiger partial charge on any atom is 0.225 e. The summed E-state index contributed by atoms with van der Waals surface area (Å²) in [5.74, 6) is 0.763. The van der Waals surface area contributed by atoms with E-state index in [4.69, 9.17) is 5.26 Å². The van der Waals surface area contributed by atoms with Crippen LogP contribution in [-0.2, 0) is 4.79 Å². The fourth-order valence-electron chi connectivity index (χ4n) is 3.10. The Labute approximate surface area is 133 Å². The van der Waals surface area contributed by atoms with Crippen molar-refractivity contribution in [2.24, 2.45) is 5.92 Å². The number of anilines is 1. The first-order valence-corrected chi connectivity index (χ1v) is 8.16. The number of hydrogen-bond acceptors (Lipinski definition) is 3. The van der Waals surface area contributed by atoms with Crippen molar-refractivity contribution in [2.75, 3.05) is 25.5 Å². The maximum absolute atomic E-state index is 12.0. The van der Waals surface area contributed by atoms with E-state index in [0.29, 0.717) is 17.7 Å². The van der Waals surface area contributed by atoms with E-state index in [9.17, 15) is 4.79 Å². The summed E-state index contributed by atoms with van der Waals surface area (Å²) >= 11 is 0. The van der Waals surface area contributed by atoms with E-state index >= 15 is 0 Å². The minimum absolute atomic E-state index is 0.0294. The highest BCUT2D eigenvalue weighted by Gasteiger charge is 2.16. The van der Waals surface area contributed by atoms with E-state index in [1.165, 1.54) is 32.1 Å². The highest BCUT2D eigenvalue weighted by Crippen LogP contribution is 2.24. The Morgan fingerprint density at radius 2 is 2.05 bits per heavy atom. The van der Waals surface area contributed by atoms with Crippen LogP contribution in [0.25, 0.3) is 0 Å². The molecule has 0 radical (unpaired) electrons. The Morgan fingerprint density at radius 1 is 1.32 bits per heavy atom. The molecule has 0 aromatic heterocycles. The zero-order valence-electron chi connectivity index (χ0n) is 13.3. The minimum Gasteiger partial charge on any atom is -0.325 e. The van der Waals surface area contributed by atoms with Gasteiger partial charge in [-0.2, -0.15) is 5.26 Å². The van der Waals surface area contributed by atoms with Gasteiger partial charge in [-0.05, 0) is 37.9 Å². The van der Waals surface area contributed by atoms with Crippen LogP contribution in [0.5, 0.6) is 0 Å². The van der Waals surface area contributed by atoms with Crippen LogP contribution in [0.4, 0.5) is 5.69 Å². The first kappa shape index (κ1) is 16.5. The molecule has 1 amide bonds. The lowest BCUT2D eigenvalue weighted by Gasteiger charge is -2.26. The molecule has 1 aromatic carbocycles. The predicted octanol–water partition coefficient (Wildman–Crippen LogP) is 3.40. The van der Waals surface area contributed by atoms with E-state index in [1.807, 2.05) is 6.07 Å². The third-order valence-corrected chi connectivity index (χ3v) is 4.34. The molecule has 0 saturated heterocycles. The number of carbonyl (C=O) groups is 1. The van der Waals surface area contributed by atoms with Gasteiger partial charge in [-0.15, -0.1) is 0 Å². The lowest BCUT2D eigenvalue weighted by Crippen LogP contribution is -2.30. The number of benzene rings is 1. The Hall–Kier alpha value is -1.86. The first-order valence-electron chi connectivity index (χ1n) is 8.16. The molecule has 0 bridgehead atoms. The van der Waals surface area contributed by atoms with Crippen LogP contribution in [0.1, 0.15) is 44.1 Å². The van der Waals surface area contributed by atoms with Crippen molar-refractivity contribution >= 4 is 11.6 Å². The van der Waals surface area contributed by atoms with Gasteiger partial charge >= 0.3 is 0 Å². The fraction of sp³-hybridized carbons (Fsp3) is 0.556. The molecule has 1 saturated carbocycles. The number of nitrogens with zero attached hydrogens (tertiary/aromatic N) is 2. The van der Waals surface area contributed by atoms with Crippen molar-refractivity contribution in [2.45, 2.75) is 38.5 Å². The molecule has 0 aliphatic heterocycles. The van der Waals surface area contributed by atoms with Crippen molar-refractivity contribution in [3.63, 3.8) is 0 Å². The summed E-state index contributed by atoms with van der Waals surface area (Å²) in [5, 5.41) is 11.9. The van der Waals surface area contributed by atoms with Crippen molar-refractivity contribution in [3.8, 4) is 6.07 Å². The summed E-state index contributed by atoms with van der Waals surface area (Å²) < 4.78 is 0. The van der Waals surface area contributed by atoms with Gasteiger partial charge in [0.2, 0.25) is 5.91 Å². The van der Waals surface area contributed by atoms with E-state index in [-0.39, 0.29) is 5.91 Å². The normalized spacial score (nSPS) is 15.5. The van der Waals surface area contributed by atoms with Gasteiger partial charge in [0.1, 0.15) is 6.07 Å². The third kappa shape index (κ3) is 5.16. The Balaban J connectivity index is 1.74. The molecule has 1 N–H and O–H groups in total. The predicted molar refractivity (Wildman–Crippen MR) is 88.5 cm³/mol. The van der Waals surface area contributed by atoms with Crippen LogP contribution in [0.15, 0.2) is 24.3 Å². The summed E-state index contributed by atoms with van der Waals surface area (Å²) in [5.41, 5.74) is 1.11. The van der Waals surface area contributed by atoms with Crippen LogP contribution >= 0.6 is 0 Å². The van der Waals surface area contributed by atoms with Gasteiger partial charge in [0.15, 0.2) is 0 Å². The topological polar surface area (TPSA) is 56.1 Å². The summed E-state index contributed by atoms with van der Waals surface area (Å²) in [6, 6.07) is 9.20. The average Bonchev–Trinajstić information content (AvgIpc) is 2.54. The summed E-state index contributed by atoms with van der Waals surface area (Å²) in [7, 11) is 2.09. The molecule has 4 heteroatoms. The van der Waals surface area contributed by atoms with Crippen LogP contribution in [0, 0.1) is 17.2 Å². The molecule has 1 aliphatic carbocycles. The van der Waals surface area contributed by atoms with Crippen molar-refractivity contribution < 1.29 is 4.79 Å². The minimum atomic E-state index is -0.0294. The van der Waals surface area contributed by atoms with Gasteiger partial charge in [-0.25, -0.2) is 0 Å². The number of para-hydroxylation sites is 1. The molecule has 22 heavy (non-hydrogen) atoms. The molecule has 0 heterocycles. The van der Waals surface area contributed by atoms with E-state index in [0.717, 1.165) is 19.0 Å². The quantitative estimate of drug-likeness (QED) is 0.876. The van der Waals surface area contributed by atoms with Crippen LogP contribution in [-0.4, -0.2) is 30.9 Å². The molecule has 118 valence electrons. The molecule has 0 unspecified atom stereocenters. The zero-order valence-corrected chi connectivity index (χ0v) is 13.3. The standard InChI is InChI=1S/C18H25N3O/c1-21(14-15-7-3-2-4-8-15)12-11-18(22)20-17-10-6-5-9-16(17)13-19/h5-6,9-10,15H,2-4,7-8,11-12,14H2,1H3,(H,20,22). The molecular formula is C18H25N3O. The molecule has 1 aromatic rings. The van der Waals surface area contributed by atoms with E-state index in [1.54, 1.807) is 18.2 Å². The number of nitrogens with one attached hydrogen (secondary N) is 1. The molecule has 4 nitrogen and oxygen atoms in total. The summed E-state index contributed by atoms with van der Waals surface area (Å²) in [4.78, 5) is 14.3. The second-order valence-electron chi connectivity index (χ2n) is 6.22. The fourth-order valence-corrected chi connectivity index (χ4v) is 3.10. The summed E-state index contributed by atoms with van der Waals surface area (Å²) in [6.07, 6.45) is 7.19. The van der Waals surface area contributed by atoms with E-state index in [2.05, 4.69) is 23.3 Å². The van der Waals surface area contributed by atoms with Gasteiger partial charge in [-0.3, -0.25) is 4.79 Å². The Kier molecular flexibility index (Phi) is 6.42.